The molecule has 0 saturated heterocycles. The number of furan rings is 1. The third-order valence-corrected chi connectivity index (χ3v) is 8.28. The van der Waals surface area contributed by atoms with E-state index < -0.39 is 27.4 Å². The highest BCUT2D eigenvalue weighted by molar-refractivity contribution is 7.92. The molecule has 1 heterocycles. The molecule has 0 spiro atoms. The minimum absolute atomic E-state index is 0.0355. The number of hydrogen-bond donors (Lipinski definition) is 2. The molecule has 234 valence electrons. The van der Waals surface area contributed by atoms with E-state index in [4.69, 9.17) is 23.7 Å². The second-order valence-corrected chi connectivity index (χ2v) is 12.7. The number of halogens is 1. The standard InChI is InChI=1S/C30H37FN2O9S/c1-30(2,29(35)36)41-16-15-40-14-13-39-12-11-33(43(4,37)38)24-18-25-23(17-22(24)19-5-6-19)26(28(34)32-3)27(42-25)20-7-9-21(31)10-8-20/h7-10,17-19H,5-6,11-16H2,1-4H3,(H,32,34)(H,35,36). The van der Waals surface area contributed by atoms with E-state index in [-0.39, 0.29) is 57.2 Å². The average Bonchev–Trinajstić information content (AvgIpc) is 3.73. The van der Waals surface area contributed by atoms with Crippen molar-refractivity contribution in [1.29, 1.82) is 0 Å². The van der Waals surface area contributed by atoms with Crippen molar-refractivity contribution >= 4 is 38.6 Å². The maximum atomic E-state index is 13.6. The van der Waals surface area contributed by atoms with Gasteiger partial charge in [-0.2, -0.15) is 0 Å². The quantitative estimate of drug-likeness (QED) is 0.226. The molecule has 2 aromatic carbocycles. The van der Waals surface area contributed by atoms with Gasteiger partial charge in [-0.3, -0.25) is 9.10 Å². The maximum Gasteiger partial charge on any atom is 0.335 e. The van der Waals surface area contributed by atoms with Gasteiger partial charge >= 0.3 is 5.97 Å². The first-order chi connectivity index (χ1) is 20.3. The first-order valence-electron chi connectivity index (χ1n) is 13.9. The van der Waals surface area contributed by atoms with E-state index in [1.54, 1.807) is 6.07 Å². The maximum absolute atomic E-state index is 13.6. The molecular weight excluding hydrogens is 583 g/mol. The predicted octanol–water partition coefficient (Wildman–Crippen LogP) is 4.15. The Bertz CT molecular complexity index is 1560. The summed E-state index contributed by atoms with van der Waals surface area (Å²) in [6.07, 6.45) is 2.89. The van der Waals surface area contributed by atoms with E-state index >= 15 is 0 Å². The summed E-state index contributed by atoms with van der Waals surface area (Å²) in [5.41, 5.74) is 1.08. The van der Waals surface area contributed by atoms with Gasteiger partial charge in [-0.15, -0.1) is 0 Å². The predicted molar refractivity (Wildman–Crippen MR) is 158 cm³/mol. The summed E-state index contributed by atoms with van der Waals surface area (Å²) in [4.78, 5) is 24.0. The summed E-state index contributed by atoms with van der Waals surface area (Å²) >= 11 is 0. The van der Waals surface area contributed by atoms with E-state index in [1.165, 1.54) is 49.5 Å². The van der Waals surface area contributed by atoms with Crippen LogP contribution >= 0.6 is 0 Å². The minimum atomic E-state index is -3.73. The van der Waals surface area contributed by atoms with Gasteiger partial charge in [-0.25, -0.2) is 17.6 Å². The number of aliphatic carboxylic acids is 1. The highest BCUT2D eigenvalue weighted by atomic mass is 32.2. The lowest BCUT2D eigenvalue weighted by atomic mass is 10.0. The molecule has 1 saturated carbocycles. The van der Waals surface area contributed by atoms with Crippen molar-refractivity contribution in [3.63, 3.8) is 0 Å². The third kappa shape index (κ3) is 7.91. The molecule has 0 atom stereocenters. The number of nitrogens with zero attached hydrogens (tertiary/aromatic N) is 1. The smallest absolute Gasteiger partial charge is 0.335 e. The Labute approximate surface area is 249 Å². The summed E-state index contributed by atoms with van der Waals surface area (Å²) in [6, 6.07) is 9.07. The van der Waals surface area contributed by atoms with Crippen LogP contribution in [0.1, 0.15) is 48.5 Å². The van der Waals surface area contributed by atoms with Crippen molar-refractivity contribution in [2.24, 2.45) is 0 Å². The average molecular weight is 621 g/mol. The Balaban J connectivity index is 1.51. The summed E-state index contributed by atoms with van der Waals surface area (Å²) in [7, 11) is -2.22. The Morgan fingerprint density at radius 1 is 1.07 bits per heavy atom. The number of amides is 1. The highest BCUT2D eigenvalue weighted by Crippen LogP contribution is 2.48. The Kier molecular flexibility index (Phi) is 10.1. The molecule has 43 heavy (non-hydrogen) atoms. The number of nitrogens with one attached hydrogen (secondary N) is 1. The zero-order chi connectivity index (χ0) is 31.4. The number of anilines is 1. The Morgan fingerprint density at radius 3 is 2.28 bits per heavy atom. The van der Waals surface area contributed by atoms with Gasteiger partial charge in [0.1, 0.15) is 17.2 Å². The normalized spacial score (nSPS) is 13.8. The van der Waals surface area contributed by atoms with Gasteiger partial charge in [0.2, 0.25) is 10.0 Å². The fraction of sp³-hybridized carbons (Fsp3) is 0.467. The summed E-state index contributed by atoms with van der Waals surface area (Å²) in [5.74, 6) is -1.47. The molecule has 1 aromatic heterocycles. The molecule has 0 radical (unpaired) electrons. The Hall–Kier alpha value is -3.52. The zero-order valence-electron chi connectivity index (χ0n) is 24.6. The van der Waals surface area contributed by atoms with Gasteiger partial charge in [0.15, 0.2) is 5.60 Å². The highest BCUT2D eigenvalue weighted by Gasteiger charge is 2.33. The van der Waals surface area contributed by atoms with Crippen LogP contribution in [0.2, 0.25) is 0 Å². The topological polar surface area (TPSA) is 145 Å². The van der Waals surface area contributed by atoms with Crippen LogP contribution in [0.25, 0.3) is 22.3 Å². The number of rotatable bonds is 16. The van der Waals surface area contributed by atoms with Gasteiger partial charge in [0.05, 0.1) is 57.1 Å². The van der Waals surface area contributed by atoms with Crippen LogP contribution in [0.15, 0.2) is 40.8 Å². The summed E-state index contributed by atoms with van der Waals surface area (Å²) < 4.78 is 63.3. The van der Waals surface area contributed by atoms with Gasteiger partial charge < -0.3 is 29.1 Å². The first-order valence-corrected chi connectivity index (χ1v) is 15.8. The van der Waals surface area contributed by atoms with Crippen molar-refractivity contribution in [2.75, 3.05) is 57.2 Å². The lowest BCUT2D eigenvalue weighted by molar-refractivity contribution is -0.162. The van der Waals surface area contributed by atoms with Gasteiger partial charge in [-0.05, 0) is 68.5 Å². The number of carbonyl (C=O) groups excluding carboxylic acids is 1. The number of carbonyl (C=O) groups is 2. The molecular formula is C30H37FN2O9S. The molecule has 3 aromatic rings. The molecule has 2 N–H and O–H groups in total. The zero-order valence-corrected chi connectivity index (χ0v) is 25.5. The van der Waals surface area contributed by atoms with Gasteiger partial charge in [-0.1, -0.05) is 0 Å². The number of sulfonamides is 1. The second-order valence-electron chi connectivity index (χ2n) is 10.8. The van der Waals surface area contributed by atoms with Gasteiger partial charge in [0, 0.05) is 24.1 Å². The number of carboxylic acid groups (broad SMARTS) is 1. The third-order valence-electron chi connectivity index (χ3n) is 7.10. The van der Waals surface area contributed by atoms with E-state index in [0.29, 0.717) is 27.8 Å². The van der Waals surface area contributed by atoms with Crippen LogP contribution in [0.5, 0.6) is 0 Å². The number of carboxylic acids is 1. The van der Waals surface area contributed by atoms with Crippen LogP contribution in [-0.2, 0) is 29.0 Å². The molecule has 0 bridgehead atoms. The van der Waals surface area contributed by atoms with E-state index in [1.807, 2.05) is 6.07 Å². The molecule has 1 amide bonds. The monoisotopic (exact) mass is 620 g/mol. The molecule has 0 aliphatic heterocycles. The molecule has 0 unspecified atom stereocenters. The van der Waals surface area contributed by atoms with Crippen LogP contribution < -0.4 is 9.62 Å². The van der Waals surface area contributed by atoms with Crippen molar-refractivity contribution in [1.82, 2.24) is 5.32 Å². The van der Waals surface area contributed by atoms with Crippen molar-refractivity contribution in [3.05, 3.63) is 53.3 Å². The molecule has 1 fully saturated rings. The number of hydrogen-bond acceptors (Lipinski definition) is 8. The van der Waals surface area contributed by atoms with Crippen molar-refractivity contribution in [2.45, 2.75) is 38.2 Å². The van der Waals surface area contributed by atoms with Crippen LogP contribution in [-0.4, -0.2) is 83.9 Å². The number of benzene rings is 2. The molecule has 11 nitrogen and oxygen atoms in total. The number of ether oxygens (including phenoxy) is 3. The van der Waals surface area contributed by atoms with E-state index in [0.717, 1.165) is 24.7 Å². The van der Waals surface area contributed by atoms with Crippen molar-refractivity contribution in [3.8, 4) is 11.3 Å². The molecule has 13 heteroatoms. The van der Waals surface area contributed by atoms with E-state index in [2.05, 4.69) is 5.32 Å². The molecule has 1 aliphatic rings. The van der Waals surface area contributed by atoms with Crippen LogP contribution in [0.3, 0.4) is 0 Å². The SMILES string of the molecule is CNC(=O)c1c(-c2ccc(F)cc2)oc2cc(N(CCOCCOCCOC(C)(C)C(=O)O)S(C)(=O)=O)c(C3CC3)cc12. The summed E-state index contributed by atoms with van der Waals surface area (Å²) in [5, 5.41) is 12.2. The lowest BCUT2D eigenvalue weighted by Gasteiger charge is -2.25. The fourth-order valence-electron chi connectivity index (χ4n) is 4.59. The minimum Gasteiger partial charge on any atom is -0.479 e. The van der Waals surface area contributed by atoms with Crippen LogP contribution in [0, 0.1) is 5.82 Å². The Morgan fingerprint density at radius 2 is 1.70 bits per heavy atom. The number of fused-ring (bicyclic) bond motifs is 1. The molecule has 4 rings (SSSR count). The largest absolute Gasteiger partial charge is 0.479 e. The van der Waals surface area contributed by atoms with Crippen molar-refractivity contribution < 1.29 is 46.1 Å². The lowest BCUT2D eigenvalue weighted by Crippen LogP contribution is -2.35. The van der Waals surface area contributed by atoms with Gasteiger partial charge in [0.25, 0.3) is 5.91 Å². The molecule has 1 aliphatic carbocycles. The summed E-state index contributed by atoms with van der Waals surface area (Å²) in [6.45, 7) is 3.73. The first kappa shape index (κ1) is 32.4. The van der Waals surface area contributed by atoms with E-state index in [9.17, 15) is 22.4 Å². The fourth-order valence-corrected chi connectivity index (χ4v) is 5.51. The van der Waals surface area contributed by atoms with Crippen LogP contribution in [0.4, 0.5) is 10.1 Å². The second kappa shape index (κ2) is 13.4.